The number of benzene rings is 2. The third-order valence-corrected chi connectivity index (χ3v) is 5.58. The number of hydrogen-bond donors (Lipinski definition) is 2. The van der Waals surface area contributed by atoms with Crippen molar-refractivity contribution in [1.82, 2.24) is 4.90 Å². The maximum absolute atomic E-state index is 12.5. The summed E-state index contributed by atoms with van der Waals surface area (Å²) in [4.78, 5) is 15.0. The molecule has 164 valence electrons. The van der Waals surface area contributed by atoms with Crippen molar-refractivity contribution < 1.29 is 19.0 Å². The van der Waals surface area contributed by atoms with Gasteiger partial charge in [0.1, 0.15) is 0 Å². The summed E-state index contributed by atoms with van der Waals surface area (Å²) < 4.78 is 16.1. The number of fused-ring (bicyclic) bond motifs is 1. The van der Waals surface area contributed by atoms with Crippen LogP contribution in [-0.4, -0.2) is 57.4 Å². The molecular weight excluding hydrogens is 394 g/mol. The first kappa shape index (κ1) is 21.2. The van der Waals surface area contributed by atoms with Gasteiger partial charge in [0.15, 0.2) is 11.5 Å². The highest BCUT2D eigenvalue weighted by Gasteiger charge is 2.27. The molecule has 2 aliphatic heterocycles. The van der Waals surface area contributed by atoms with Gasteiger partial charge in [-0.05, 0) is 36.8 Å². The molecule has 2 heterocycles. The topological polar surface area (TPSA) is 72.1 Å². The predicted octanol–water partition coefficient (Wildman–Crippen LogP) is 3.37. The zero-order chi connectivity index (χ0) is 21.8. The van der Waals surface area contributed by atoms with E-state index in [1.54, 1.807) is 20.3 Å². The van der Waals surface area contributed by atoms with E-state index in [0.717, 1.165) is 49.8 Å². The molecule has 2 N–H and O–H groups in total. The number of carbonyl (C=O) groups is 1. The van der Waals surface area contributed by atoms with Crippen LogP contribution in [0.25, 0.3) is 5.57 Å². The molecule has 0 aliphatic carbocycles. The molecule has 1 amide bonds. The minimum Gasteiger partial charge on any atom is -0.493 e. The Kier molecular flexibility index (Phi) is 6.44. The predicted molar refractivity (Wildman–Crippen MR) is 122 cm³/mol. The lowest BCUT2D eigenvalue weighted by atomic mass is 10.0. The summed E-state index contributed by atoms with van der Waals surface area (Å²) in [5.41, 5.74) is 4.47. The van der Waals surface area contributed by atoms with Crippen molar-refractivity contribution in [2.45, 2.75) is 19.5 Å². The van der Waals surface area contributed by atoms with Crippen molar-refractivity contribution in [3.8, 4) is 11.5 Å². The zero-order valence-corrected chi connectivity index (χ0v) is 18.2. The highest BCUT2D eigenvalue weighted by Crippen LogP contribution is 2.40. The van der Waals surface area contributed by atoms with Crippen molar-refractivity contribution in [3.05, 3.63) is 53.6 Å². The highest BCUT2D eigenvalue weighted by atomic mass is 16.5. The van der Waals surface area contributed by atoms with Gasteiger partial charge in [0.05, 0.1) is 33.1 Å². The van der Waals surface area contributed by atoms with Gasteiger partial charge in [0, 0.05) is 48.6 Å². The van der Waals surface area contributed by atoms with Crippen molar-refractivity contribution in [2.24, 2.45) is 0 Å². The molecule has 0 spiro atoms. The molecule has 0 saturated carbocycles. The lowest BCUT2D eigenvalue weighted by Gasteiger charge is -2.26. The number of methoxy groups -OCH3 is 2. The number of morpholine rings is 1. The van der Waals surface area contributed by atoms with Gasteiger partial charge >= 0.3 is 0 Å². The lowest BCUT2D eigenvalue weighted by molar-refractivity contribution is -0.110. The van der Waals surface area contributed by atoms with Crippen molar-refractivity contribution >= 4 is 22.9 Å². The second kappa shape index (κ2) is 9.41. The number of ether oxygens (including phenoxy) is 3. The molecule has 4 rings (SSSR count). The second-order valence-electron chi connectivity index (χ2n) is 7.81. The Balaban J connectivity index is 1.44. The van der Waals surface area contributed by atoms with Gasteiger partial charge in [-0.3, -0.25) is 9.69 Å². The van der Waals surface area contributed by atoms with Gasteiger partial charge in [-0.25, -0.2) is 0 Å². The average Bonchev–Trinajstić information content (AvgIpc) is 3.08. The van der Waals surface area contributed by atoms with Crippen molar-refractivity contribution in [3.63, 3.8) is 0 Å². The molecule has 1 unspecified atom stereocenters. The number of carbonyl (C=O) groups excluding carboxylic acids is 1. The van der Waals surface area contributed by atoms with Crippen LogP contribution in [0.4, 0.5) is 11.4 Å². The van der Waals surface area contributed by atoms with Crippen LogP contribution < -0.4 is 20.1 Å². The molecule has 1 saturated heterocycles. The van der Waals surface area contributed by atoms with E-state index in [2.05, 4.69) is 39.8 Å². The summed E-state index contributed by atoms with van der Waals surface area (Å²) >= 11 is 0. The first-order valence-electron chi connectivity index (χ1n) is 10.5. The molecule has 0 radical (unpaired) electrons. The van der Waals surface area contributed by atoms with E-state index in [0.29, 0.717) is 17.1 Å². The number of rotatable bonds is 7. The summed E-state index contributed by atoms with van der Waals surface area (Å²) in [6.45, 7) is 6.53. The average molecular weight is 424 g/mol. The SMILES string of the molecule is COc1cc2c(cc1OC)C(=CC(C)Nc1ccc(CN3CCOCC3)cc1)C(=O)N2. The number of hydrogen-bond acceptors (Lipinski definition) is 6. The molecule has 0 aromatic heterocycles. The van der Waals surface area contributed by atoms with E-state index in [9.17, 15) is 4.79 Å². The molecule has 2 aliphatic rings. The number of anilines is 2. The minimum absolute atomic E-state index is 0.0371. The Labute approximate surface area is 183 Å². The summed E-state index contributed by atoms with van der Waals surface area (Å²) in [5.74, 6) is 1.06. The fraction of sp³-hybridized carbons (Fsp3) is 0.375. The standard InChI is InChI=1S/C24H29N3O4/c1-16(25-18-6-4-17(5-7-18)15-27-8-10-31-11-9-27)12-20-19-13-22(29-2)23(30-3)14-21(19)26-24(20)28/h4-7,12-14,16,25H,8-11,15H2,1-3H3,(H,26,28). The third-order valence-electron chi connectivity index (χ3n) is 5.58. The van der Waals surface area contributed by atoms with E-state index in [-0.39, 0.29) is 11.9 Å². The van der Waals surface area contributed by atoms with Crippen molar-refractivity contribution in [1.29, 1.82) is 0 Å². The van der Waals surface area contributed by atoms with E-state index < -0.39 is 0 Å². The molecule has 7 heteroatoms. The Hall–Kier alpha value is -3.03. The maximum atomic E-state index is 12.5. The van der Waals surface area contributed by atoms with Crippen LogP contribution in [0.5, 0.6) is 11.5 Å². The fourth-order valence-corrected chi connectivity index (χ4v) is 3.96. The van der Waals surface area contributed by atoms with E-state index >= 15 is 0 Å². The van der Waals surface area contributed by atoms with Crippen LogP contribution >= 0.6 is 0 Å². The molecule has 0 bridgehead atoms. The largest absolute Gasteiger partial charge is 0.493 e. The Morgan fingerprint density at radius 2 is 1.81 bits per heavy atom. The zero-order valence-electron chi connectivity index (χ0n) is 18.2. The fourth-order valence-electron chi connectivity index (χ4n) is 3.96. The first-order chi connectivity index (χ1) is 15.1. The van der Waals surface area contributed by atoms with E-state index in [1.165, 1.54) is 5.56 Å². The smallest absolute Gasteiger partial charge is 0.256 e. The number of nitrogens with one attached hydrogen (secondary N) is 2. The highest BCUT2D eigenvalue weighted by molar-refractivity contribution is 6.31. The lowest BCUT2D eigenvalue weighted by Crippen LogP contribution is -2.35. The third kappa shape index (κ3) is 4.84. The van der Waals surface area contributed by atoms with Crippen LogP contribution in [0.15, 0.2) is 42.5 Å². The van der Waals surface area contributed by atoms with Gasteiger partial charge < -0.3 is 24.8 Å². The Bertz CT molecular complexity index is 966. The summed E-state index contributed by atoms with van der Waals surface area (Å²) in [6, 6.07) is 12.1. The van der Waals surface area contributed by atoms with Crippen LogP contribution in [-0.2, 0) is 16.1 Å². The number of nitrogens with zero attached hydrogens (tertiary/aromatic N) is 1. The van der Waals surface area contributed by atoms with Crippen LogP contribution in [0.3, 0.4) is 0 Å². The van der Waals surface area contributed by atoms with Gasteiger partial charge in [0.2, 0.25) is 0 Å². The first-order valence-corrected chi connectivity index (χ1v) is 10.5. The van der Waals surface area contributed by atoms with Crippen LogP contribution in [0.1, 0.15) is 18.1 Å². The van der Waals surface area contributed by atoms with E-state index in [1.807, 2.05) is 19.1 Å². The molecule has 1 atom stereocenters. The van der Waals surface area contributed by atoms with E-state index in [4.69, 9.17) is 14.2 Å². The normalized spacial score (nSPS) is 18.4. The molecule has 31 heavy (non-hydrogen) atoms. The van der Waals surface area contributed by atoms with Gasteiger partial charge in [0.25, 0.3) is 5.91 Å². The molecule has 2 aromatic rings. The summed E-state index contributed by atoms with van der Waals surface area (Å²) in [7, 11) is 3.17. The summed E-state index contributed by atoms with van der Waals surface area (Å²) in [6.07, 6.45) is 1.94. The van der Waals surface area contributed by atoms with Gasteiger partial charge in [-0.1, -0.05) is 12.1 Å². The maximum Gasteiger partial charge on any atom is 0.256 e. The van der Waals surface area contributed by atoms with Gasteiger partial charge in [-0.2, -0.15) is 0 Å². The molecule has 7 nitrogen and oxygen atoms in total. The number of amides is 1. The van der Waals surface area contributed by atoms with Crippen molar-refractivity contribution in [2.75, 3.05) is 51.2 Å². The van der Waals surface area contributed by atoms with Gasteiger partial charge in [-0.15, -0.1) is 0 Å². The molecule has 1 fully saturated rings. The molecule has 2 aromatic carbocycles. The van der Waals surface area contributed by atoms with Crippen LogP contribution in [0, 0.1) is 0 Å². The quantitative estimate of drug-likeness (QED) is 0.666. The van der Waals surface area contributed by atoms with Crippen LogP contribution in [0.2, 0.25) is 0 Å². The second-order valence-corrected chi connectivity index (χ2v) is 7.81. The Morgan fingerprint density at radius 3 is 2.48 bits per heavy atom. The monoisotopic (exact) mass is 423 g/mol. The summed E-state index contributed by atoms with van der Waals surface area (Å²) in [5, 5.41) is 6.36. The molecular formula is C24H29N3O4. The Morgan fingerprint density at radius 1 is 1.13 bits per heavy atom. The minimum atomic E-state index is -0.125.